The van der Waals surface area contributed by atoms with E-state index in [1.165, 1.54) is 43.2 Å². The van der Waals surface area contributed by atoms with E-state index < -0.39 is 0 Å². The van der Waals surface area contributed by atoms with Crippen molar-refractivity contribution in [2.24, 2.45) is 17.8 Å². The third-order valence-corrected chi connectivity index (χ3v) is 5.35. The molecule has 0 aliphatic heterocycles. The second-order valence-corrected chi connectivity index (χ2v) is 6.69. The molecule has 2 fully saturated rings. The Morgan fingerprint density at radius 2 is 1.95 bits per heavy atom. The standard InChI is InChI=1S/C18H27N/c1-3-19-18(12-14-6-4-13(2)5-7-14)17-11-15-8-9-16(17)10-15/h4-7,15-19H,3,8-12H2,1-2H3. The van der Waals surface area contributed by atoms with Crippen LogP contribution in [0.1, 0.15) is 43.7 Å². The van der Waals surface area contributed by atoms with Gasteiger partial charge in [0.15, 0.2) is 0 Å². The number of hydrogen-bond donors (Lipinski definition) is 1. The van der Waals surface area contributed by atoms with Crippen LogP contribution in [0, 0.1) is 24.7 Å². The van der Waals surface area contributed by atoms with E-state index in [0.29, 0.717) is 6.04 Å². The van der Waals surface area contributed by atoms with Crippen LogP contribution in [0.25, 0.3) is 0 Å². The van der Waals surface area contributed by atoms with E-state index >= 15 is 0 Å². The second-order valence-electron chi connectivity index (χ2n) is 6.69. The van der Waals surface area contributed by atoms with Gasteiger partial charge in [-0.3, -0.25) is 0 Å². The van der Waals surface area contributed by atoms with E-state index in [0.717, 1.165) is 24.3 Å². The van der Waals surface area contributed by atoms with Crippen LogP contribution in [0.15, 0.2) is 24.3 Å². The van der Waals surface area contributed by atoms with E-state index in [4.69, 9.17) is 0 Å². The molecule has 1 heteroatoms. The predicted octanol–water partition coefficient (Wildman–Crippen LogP) is 3.95. The summed E-state index contributed by atoms with van der Waals surface area (Å²) in [5, 5.41) is 3.77. The van der Waals surface area contributed by atoms with Crippen molar-refractivity contribution in [3.8, 4) is 0 Å². The van der Waals surface area contributed by atoms with Crippen LogP contribution in [0.4, 0.5) is 0 Å². The van der Waals surface area contributed by atoms with Crippen molar-refractivity contribution in [3.05, 3.63) is 35.4 Å². The molecule has 0 heterocycles. The highest BCUT2D eigenvalue weighted by Gasteiger charge is 2.42. The van der Waals surface area contributed by atoms with Crippen LogP contribution in [-0.2, 0) is 6.42 Å². The van der Waals surface area contributed by atoms with Gasteiger partial charge in [-0.25, -0.2) is 0 Å². The summed E-state index contributed by atoms with van der Waals surface area (Å²) >= 11 is 0. The molecule has 1 N–H and O–H groups in total. The lowest BCUT2D eigenvalue weighted by atomic mass is 9.81. The Morgan fingerprint density at radius 1 is 1.16 bits per heavy atom. The van der Waals surface area contributed by atoms with Gasteiger partial charge < -0.3 is 5.32 Å². The minimum Gasteiger partial charge on any atom is -0.314 e. The zero-order valence-corrected chi connectivity index (χ0v) is 12.4. The molecule has 0 radical (unpaired) electrons. The van der Waals surface area contributed by atoms with E-state index in [1.54, 1.807) is 0 Å². The van der Waals surface area contributed by atoms with Crippen molar-refractivity contribution in [3.63, 3.8) is 0 Å². The molecule has 0 spiro atoms. The van der Waals surface area contributed by atoms with E-state index in [2.05, 4.69) is 43.4 Å². The van der Waals surface area contributed by atoms with Gasteiger partial charge in [0.25, 0.3) is 0 Å². The maximum Gasteiger partial charge on any atom is 0.0138 e. The first kappa shape index (κ1) is 13.2. The Bertz CT molecular complexity index is 408. The third kappa shape index (κ3) is 2.86. The summed E-state index contributed by atoms with van der Waals surface area (Å²) in [6.45, 7) is 5.52. The molecule has 0 saturated heterocycles. The summed E-state index contributed by atoms with van der Waals surface area (Å²) in [4.78, 5) is 0. The molecule has 0 amide bonds. The Kier molecular flexibility index (Phi) is 3.93. The van der Waals surface area contributed by atoms with Crippen LogP contribution < -0.4 is 5.32 Å². The zero-order chi connectivity index (χ0) is 13.2. The highest BCUT2D eigenvalue weighted by molar-refractivity contribution is 5.22. The molecule has 4 unspecified atom stereocenters. The number of hydrogen-bond acceptors (Lipinski definition) is 1. The summed E-state index contributed by atoms with van der Waals surface area (Å²) in [6, 6.07) is 9.82. The number of fused-ring (bicyclic) bond motifs is 2. The molecule has 1 nitrogen and oxygen atoms in total. The van der Waals surface area contributed by atoms with Crippen molar-refractivity contribution < 1.29 is 0 Å². The molecule has 2 bridgehead atoms. The van der Waals surface area contributed by atoms with E-state index in [-0.39, 0.29) is 0 Å². The van der Waals surface area contributed by atoms with Crippen LogP contribution in [-0.4, -0.2) is 12.6 Å². The molecule has 0 aromatic heterocycles. The lowest BCUT2D eigenvalue weighted by Gasteiger charge is -2.31. The predicted molar refractivity (Wildman–Crippen MR) is 81.3 cm³/mol. The quantitative estimate of drug-likeness (QED) is 0.842. The van der Waals surface area contributed by atoms with Crippen molar-refractivity contribution in [2.75, 3.05) is 6.54 Å². The fourth-order valence-electron chi connectivity index (χ4n) is 4.40. The molecule has 2 aliphatic carbocycles. The highest BCUT2D eigenvalue weighted by atomic mass is 14.9. The van der Waals surface area contributed by atoms with Gasteiger partial charge in [0.05, 0.1) is 0 Å². The smallest absolute Gasteiger partial charge is 0.0138 e. The summed E-state index contributed by atoms with van der Waals surface area (Å²) in [5.41, 5.74) is 2.86. The maximum absolute atomic E-state index is 3.77. The van der Waals surface area contributed by atoms with Gasteiger partial charge in [-0.1, -0.05) is 43.2 Å². The monoisotopic (exact) mass is 257 g/mol. The Hall–Kier alpha value is -0.820. The third-order valence-electron chi connectivity index (χ3n) is 5.35. The minimum atomic E-state index is 0.697. The normalized spacial score (nSPS) is 30.7. The fourth-order valence-corrected chi connectivity index (χ4v) is 4.40. The average Bonchev–Trinajstić information content (AvgIpc) is 3.03. The molecule has 3 rings (SSSR count). The molecule has 19 heavy (non-hydrogen) atoms. The van der Waals surface area contributed by atoms with Gasteiger partial charge >= 0.3 is 0 Å². The number of nitrogens with one attached hydrogen (secondary N) is 1. The first-order chi connectivity index (χ1) is 9.26. The topological polar surface area (TPSA) is 12.0 Å². The van der Waals surface area contributed by atoms with Gasteiger partial charge in [0.2, 0.25) is 0 Å². The molecule has 104 valence electrons. The second kappa shape index (κ2) is 5.66. The highest BCUT2D eigenvalue weighted by Crippen LogP contribution is 2.49. The van der Waals surface area contributed by atoms with Crippen LogP contribution in [0.2, 0.25) is 0 Å². The number of likely N-dealkylation sites (N-methyl/N-ethyl adjacent to an activating group) is 1. The molecule has 2 saturated carbocycles. The van der Waals surface area contributed by atoms with E-state index in [9.17, 15) is 0 Å². The number of aryl methyl sites for hydroxylation is 1. The van der Waals surface area contributed by atoms with Crippen molar-refractivity contribution in [2.45, 2.75) is 52.0 Å². The summed E-state index contributed by atoms with van der Waals surface area (Å²) in [5.74, 6) is 2.99. The van der Waals surface area contributed by atoms with Crippen LogP contribution in [0.5, 0.6) is 0 Å². The van der Waals surface area contributed by atoms with Crippen molar-refractivity contribution >= 4 is 0 Å². The number of rotatable bonds is 5. The Balaban J connectivity index is 1.68. The van der Waals surface area contributed by atoms with Gasteiger partial charge in [-0.05, 0) is 62.5 Å². The maximum atomic E-state index is 3.77. The van der Waals surface area contributed by atoms with Gasteiger partial charge in [0, 0.05) is 6.04 Å². The largest absolute Gasteiger partial charge is 0.314 e. The lowest BCUT2D eigenvalue weighted by Crippen LogP contribution is -2.40. The Morgan fingerprint density at radius 3 is 2.53 bits per heavy atom. The summed E-state index contributed by atoms with van der Waals surface area (Å²) in [6.07, 6.45) is 7.20. The Labute approximate surface area is 117 Å². The minimum absolute atomic E-state index is 0.697. The zero-order valence-electron chi connectivity index (χ0n) is 12.4. The molecular formula is C18H27N. The molecule has 1 aromatic carbocycles. The lowest BCUT2D eigenvalue weighted by molar-refractivity contribution is 0.249. The summed E-state index contributed by atoms with van der Waals surface area (Å²) < 4.78 is 0. The molecule has 4 atom stereocenters. The molecule has 2 aliphatic rings. The first-order valence-corrected chi connectivity index (χ1v) is 8.05. The molecular weight excluding hydrogens is 230 g/mol. The van der Waals surface area contributed by atoms with E-state index in [1.807, 2.05) is 0 Å². The SMILES string of the molecule is CCNC(Cc1ccc(C)cc1)C1CC2CCC1C2. The van der Waals surface area contributed by atoms with Crippen molar-refractivity contribution in [1.82, 2.24) is 5.32 Å². The fraction of sp³-hybridized carbons (Fsp3) is 0.667. The van der Waals surface area contributed by atoms with Crippen molar-refractivity contribution in [1.29, 1.82) is 0 Å². The summed E-state index contributed by atoms with van der Waals surface area (Å²) in [7, 11) is 0. The average molecular weight is 257 g/mol. The van der Waals surface area contributed by atoms with Gasteiger partial charge in [-0.2, -0.15) is 0 Å². The van der Waals surface area contributed by atoms with Crippen LogP contribution in [0.3, 0.4) is 0 Å². The van der Waals surface area contributed by atoms with Crippen LogP contribution >= 0.6 is 0 Å². The molecule has 1 aromatic rings. The first-order valence-electron chi connectivity index (χ1n) is 8.05. The number of benzene rings is 1. The van der Waals surface area contributed by atoms with Gasteiger partial charge in [0.1, 0.15) is 0 Å². The van der Waals surface area contributed by atoms with Gasteiger partial charge in [-0.15, -0.1) is 0 Å².